The molecule has 114 valence electrons. The Bertz CT molecular complexity index is 336. The van der Waals surface area contributed by atoms with E-state index in [9.17, 15) is 8.42 Å². The molecule has 1 aliphatic rings. The van der Waals surface area contributed by atoms with E-state index in [0.29, 0.717) is 12.6 Å². The van der Waals surface area contributed by atoms with Crippen molar-refractivity contribution in [2.75, 3.05) is 39.0 Å². The molecular formula is C13H29N3O2S. The third-order valence-electron chi connectivity index (χ3n) is 3.36. The molecule has 19 heavy (non-hydrogen) atoms. The Hall–Kier alpha value is -0.170. The van der Waals surface area contributed by atoms with E-state index in [1.807, 2.05) is 0 Å². The number of likely N-dealkylation sites (tertiary alicyclic amines) is 1. The predicted octanol–water partition coefficient (Wildman–Crippen LogP) is 0.636. The van der Waals surface area contributed by atoms with Crippen molar-refractivity contribution in [3.8, 4) is 0 Å². The van der Waals surface area contributed by atoms with E-state index in [0.717, 1.165) is 18.9 Å². The number of rotatable bonds is 8. The van der Waals surface area contributed by atoms with Gasteiger partial charge in [-0.05, 0) is 44.8 Å². The molecule has 0 aromatic rings. The zero-order valence-electron chi connectivity index (χ0n) is 12.5. The molecule has 6 heteroatoms. The lowest BCUT2D eigenvalue weighted by Crippen LogP contribution is -2.44. The summed E-state index contributed by atoms with van der Waals surface area (Å²) in [6.07, 6.45) is 4.45. The molecule has 1 fully saturated rings. The lowest BCUT2D eigenvalue weighted by molar-refractivity contribution is 0.180. The van der Waals surface area contributed by atoms with Crippen molar-refractivity contribution >= 4 is 10.0 Å². The number of sulfonamides is 1. The summed E-state index contributed by atoms with van der Waals surface area (Å²) in [5.41, 5.74) is 0. The SMILES string of the molecule is CC(C)CN1CCC(NCCCNS(C)(=O)=O)CC1. The molecular weight excluding hydrogens is 262 g/mol. The van der Waals surface area contributed by atoms with Gasteiger partial charge >= 0.3 is 0 Å². The van der Waals surface area contributed by atoms with Gasteiger partial charge in [0.05, 0.1) is 6.26 Å². The summed E-state index contributed by atoms with van der Waals surface area (Å²) in [5.74, 6) is 0.742. The van der Waals surface area contributed by atoms with Crippen molar-refractivity contribution in [2.24, 2.45) is 5.92 Å². The predicted molar refractivity (Wildman–Crippen MR) is 79.8 cm³/mol. The second kappa shape index (κ2) is 8.19. The van der Waals surface area contributed by atoms with E-state index in [1.165, 1.54) is 38.7 Å². The Morgan fingerprint density at radius 1 is 1.21 bits per heavy atom. The molecule has 1 aliphatic heterocycles. The molecule has 0 unspecified atom stereocenters. The van der Waals surface area contributed by atoms with Crippen LogP contribution in [0.5, 0.6) is 0 Å². The first kappa shape index (κ1) is 16.9. The molecule has 1 rings (SSSR count). The number of hydrogen-bond acceptors (Lipinski definition) is 4. The van der Waals surface area contributed by atoms with Crippen LogP contribution in [0.2, 0.25) is 0 Å². The highest BCUT2D eigenvalue weighted by Crippen LogP contribution is 2.11. The monoisotopic (exact) mass is 291 g/mol. The van der Waals surface area contributed by atoms with Crippen LogP contribution in [-0.2, 0) is 10.0 Å². The van der Waals surface area contributed by atoms with Crippen LogP contribution in [0, 0.1) is 5.92 Å². The largest absolute Gasteiger partial charge is 0.314 e. The van der Waals surface area contributed by atoms with Gasteiger partial charge in [-0.3, -0.25) is 0 Å². The average Bonchev–Trinajstić information content (AvgIpc) is 2.28. The zero-order chi connectivity index (χ0) is 14.3. The minimum Gasteiger partial charge on any atom is -0.314 e. The molecule has 0 radical (unpaired) electrons. The topological polar surface area (TPSA) is 61.4 Å². The fraction of sp³-hybridized carbons (Fsp3) is 1.00. The summed E-state index contributed by atoms with van der Waals surface area (Å²) in [4.78, 5) is 2.54. The van der Waals surface area contributed by atoms with Gasteiger partial charge in [0.15, 0.2) is 0 Å². The van der Waals surface area contributed by atoms with Gasteiger partial charge in [-0.1, -0.05) is 13.8 Å². The van der Waals surface area contributed by atoms with Gasteiger partial charge in [-0.2, -0.15) is 0 Å². The maximum absolute atomic E-state index is 10.9. The van der Waals surface area contributed by atoms with Crippen molar-refractivity contribution in [3.63, 3.8) is 0 Å². The average molecular weight is 291 g/mol. The first-order valence-corrected chi connectivity index (χ1v) is 9.16. The molecule has 0 spiro atoms. The second-order valence-corrected chi connectivity index (χ2v) is 7.78. The molecule has 1 heterocycles. The molecule has 2 N–H and O–H groups in total. The standard InChI is InChI=1S/C13H29N3O2S/c1-12(2)11-16-9-5-13(6-10-16)14-7-4-8-15-19(3,17)18/h12-15H,4-11H2,1-3H3. The van der Waals surface area contributed by atoms with Gasteiger partial charge in [0, 0.05) is 19.1 Å². The van der Waals surface area contributed by atoms with Gasteiger partial charge in [-0.25, -0.2) is 13.1 Å². The number of hydrogen-bond donors (Lipinski definition) is 2. The van der Waals surface area contributed by atoms with E-state index in [4.69, 9.17) is 0 Å². The first-order chi connectivity index (χ1) is 8.87. The Kier molecular flexibility index (Phi) is 7.28. The molecule has 0 amide bonds. The van der Waals surface area contributed by atoms with Crippen molar-refractivity contribution in [2.45, 2.75) is 39.2 Å². The summed E-state index contributed by atoms with van der Waals surface area (Å²) in [6.45, 7) is 9.49. The molecule has 1 saturated heterocycles. The van der Waals surface area contributed by atoms with Gasteiger partial charge in [-0.15, -0.1) is 0 Å². The van der Waals surface area contributed by atoms with E-state index in [2.05, 4.69) is 28.8 Å². The quantitative estimate of drug-likeness (QED) is 0.644. The summed E-state index contributed by atoms with van der Waals surface area (Å²) in [5, 5.41) is 3.52. The molecule has 0 aromatic carbocycles. The smallest absolute Gasteiger partial charge is 0.208 e. The van der Waals surface area contributed by atoms with Crippen LogP contribution < -0.4 is 10.0 Å². The Labute approximate surface area is 118 Å². The van der Waals surface area contributed by atoms with E-state index < -0.39 is 10.0 Å². The lowest BCUT2D eigenvalue weighted by atomic mass is 10.0. The van der Waals surface area contributed by atoms with Crippen LogP contribution in [0.1, 0.15) is 33.1 Å². The van der Waals surface area contributed by atoms with Crippen LogP contribution >= 0.6 is 0 Å². The van der Waals surface area contributed by atoms with Crippen molar-refractivity contribution in [1.82, 2.24) is 14.9 Å². The Morgan fingerprint density at radius 3 is 2.37 bits per heavy atom. The van der Waals surface area contributed by atoms with Gasteiger partial charge in [0.25, 0.3) is 0 Å². The van der Waals surface area contributed by atoms with Crippen molar-refractivity contribution < 1.29 is 8.42 Å². The molecule has 5 nitrogen and oxygen atoms in total. The maximum Gasteiger partial charge on any atom is 0.208 e. The van der Waals surface area contributed by atoms with Crippen LogP contribution in [0.15, 0.2) is 0 Å². The summed E-state index contributed by atoms with van der Waals surface area (Å²) in [6, 6.07) is 0.599. The minimum atomic E-state index is -3.03. The second-order valence-electron chi connectivity index (χ2n) is 5.94. The molecule has 0 aromatic heterocycles. The van der Waals surface area contributed by atoms with Crippen LogP contribution in [0.4, 0.5) is 0 Å². The zero-order valence-corrected chi connectivity index (χ0v) is 13.3. The van der Waals surface area contributed by atoms with E-state index in [-0.39, 0.29) is 0 Å². The van der Waals surface area contributed by atoms with Crippen molar-refractivity contribution in [3.05, 3.63) is 0 Å². The Morgan fingerprint density at radius 2 is 1.84 bits per heavy atom. The highest BCUT2D eigenvalue weighted by atomic mass is 32.2. The van der Waals surface area contributed by atoms with Gasteiger partial charge < -0.3 is 10.2 Å². The van der Waals surface area contributed by atoms with E-state index in [1.54, 1.807) is 0 Å². The van der Waals surface area contributed by atoms with Gasteiger partial charge in [0.1, 0.15) is 0 Å². The highest BCUT2D eigenvalue weighted by Gasteiger charge is 2.18. The fourth-order valence-electron chi connectivity index (χ4n) is 2.49. The summed E-state index contributed by atoms with van der Waals surface area (Å²) < 4.78 is 24.3. The number of nitrogens with zero attached hydrogens (tertiary/aromatic N) is 1. The third-order valence-corrected chi connectivity index (χ3v) is 4.09. The fourth-order valence-corrected chi connectivity index (χ4v) is 3.00. The van der Waals surface area contributed by atoms with E-state index >= 15 is 0 Å². The summed E-state index contributed by atoms with van der Waals surface area (Å²) in [7, 11) is -3.03. The van der Waals surface area contributed by atoms with Crippen LogP contribution in [0.25, 0.3) is 0 Å². The van der Waals surface area contributed by atoms with Crippen LogP contribution in [0.3, 0.4) is 0 Å². The molecule has 0 atom stereocenters. The van der Waals surface area contributed by atoms with Crippen LogP contribution in [-0.4, -0.2) is 58.3 Å². The minimum absolute atomic E-state index is 0.526. The Balaban J connectivity index is 2.03. The molecule has 0 bridgehead atoms. The highest BCUT2D eigenvalue weighted by molar-refractivity contribution is 7.88. The third kappa shape index (κ3) is 8.57. The van der Waals surface area contributed by atoms with Crippen molar-refractivity contribution in [1.29, 1.82) is 0 Å². The molecule has 0 aliphatic carbocycles. The normalized spacial score (nSPS) is 19.2. The molecule has 0 saturated carbocycles. The lowest BCUT2D eigenvalue weighted by Gasteiger charge is -2.33. The van der Waals surface area contributed by atoms with Gasteiger partial charge in [0.2, 0.25) is 10.0 Å². The first-order valence-electron chi connectivity index (χ1n) is 7.27. The maximum atomic E-state index is 10.9. The summed E-state index contributed by atoms with van der Waals surface area (Å²) >= 11 is 0. The number of piperidine rings is 1. The number of nitrogens with one attached hydrogen (secondary N) is 2.